The van der Waals surface area contributed by atoms with E-state index in [1.165, 1.54) is 4.68 Å². The van der Waals surface area contributed by atoms with Gasteiger partial charge in [-0.1, -0.05) is 30.1 Å². The molecule has 4 N–H and O–H groups in total. The van der Waals surface area contributed by atoms with Crippen LogP contribution in [-0.4, -0.2) is 9.66 Å². The molecule has 1 aromatic heterocycles. The lowest BCUT2D eigenvalue weighted by Crippen LogP contribution is -2.15. The molecule has 0 aliphatic rings. The number of halogens is 2. The van der Waals surface area contributed by atoms with E-state index in [0.717, 1.165) is 24.2 Å². The van der Waals surface area contributed by atoms with Crippen molar-refractivity contribution in [3.8, 4) is 11.3 Å². The van der Waals surface area contributed by atoms with E-state index >= 15 is 0 Å². The van der Waals surface area contributed by atoms with Gasteiger partial charge in [0.2, 0.25) is 0 Å². The molecule has 0 spiro atoms. The van der Waals surface area contributed by atoms with Crippen LogP contribution in [0.4, 0.5) is 5.82 Å². The van der Waals surface area contributed by atoms with Gasteiger partial charge in [-0.2, -0.15) is 0 Å². The quantitative estimate of drug-likeness (QED) is 0.851. The van der Waals surface area contributed by atoms with Crippen LogP contribution in [-0.2, 0) is 6.42 Å². The minimum absolute atomic E-state index is 0.414. The van der Waals surface area contributed by atoms with Crippen molar-refractivity contribution in [2.75, 3.05) is 11.6 Å². The van der Waals surface area contributed by atoms with Gasteiger partial charge < -0.3 is 11.6 Å². The lowest BCUT2D eigenvalue weighted by molar-refractivity contribution is 0.794. The highest BCUT2D eigenvalue weighted by atomic mass is 35.5. The van der Waals surface area contributed by atoms with Crippen molar-refractivity contribution in [1.29, 1.82) is 0 Å². The fraction of sp³-hybridized carbons (Fsp3) is 0.250. The number of hydrogen-bond donors (Lipinski definition) is 2. The zero-order valence-corrected chi connectivity index (χ0v) is 11.5. The third kappa shape index (κ3) is 2.40. The van der Waals surface area contributed by atoms with Gasteiger partial charge in [0.05, 0.1) is 0 Å². The van der Waals surface area contributed by atoms with Gasteiger partial charge in [0.1, 0.15) is 11.5 Å². The van der Waals surface area contributed by atoms with Crippen molar-refractivity contribution < 1.29 is 0 Å². The molecule has 1 aromatic carbocycles. The molecule has 4 nitrogen and oxygen atoms in total. The highest BCUT2D eigenvalue weighted by Gasteiger charge is 2.14. The number of nitrogen functional groups attached to an aromatic ring is 2. The predicted molar refractivity (Wildman–Crippen MR) is 76.2 cm³/mol. The minimum Gasteiger partial charge on any atom is -0.382 e. The van der Waals surface area contributed by atoms with Crippen molar-refractivity contribution in [1.82, 2.24) is 9.66 Å². The molecule has 1 heterocycles. The van der Waals surface area contributed by atoms with Gasteiger partial charge in [-0.25, -0.2) is 9.66 Å². The van der Waals surface area contributed by atoms with Gasteiger partial charge in [0.25, 0.3) is 0 Å². The molecule has 6 heteroatoms. The van der Waals surface area contributed by atoms with E-state index < -0.39 is 0 Å². The van der Waals surface area contributed by atoms with Crippen molar-refractivity contribution >= 4 is 29.0 Å². The topological polar surface area (TPSA) is 69.9 Å². The van der Waals surface area contributed by atoms with E-state index in [1.807, 2.05) is 0 Å². The van der Waals surface area contributed by atoms with E-state index in [9.17, 15) is 0 Å². The summed E-state index contributed by atoms with van der Waals surface area (Å²) >= 11 is 11.9. The first-order valence-corrected chi connectivity index (χ1v) is 6.37. The molecule has 0 aliphatic carbocycles. The smallest absolute Gasteiger partial charge is 0.150 e. The molecular weight excluding hydrogens is 271 g/mol. The summed E-state index contributed by atoms with van der Waals surface area (Å²) in [5.74, 6) is 7.03. The lowest BCUT2D eigenvalue weighted by Gasteiger charge is -2.02. The largest absolute Gasteiger partial charge is 0.382 e. The molecule has 96 valence electrons. The van der Waals surface area contributed by atoms with E-state index in [2.05, 4.69) is 11.9 Å². The van der Waals surface area contributed by atoms with E-state index in [0.29, 0.717) is 21.6 Å². The number of aryl methyl sites for hydroxylation is 1. The fourth-order valence-electron chi connectivity index (χ4n) is 1.80. The Bertz CT molecular complexity index is 557. The van der Waals surface area contributed by atoms with Crippen molar-refractivity contribution in [2.45, 2.75) is 19.8 Å². The third-order valence-corrected chi connectivity index (χ3v) is 3.07. The van der Waals surface area contributed by atoms with Gasteiger partial charge in [0.15, 0.2) is 5.82 Å². The lowest BCUT2D eigenvalue weighted by atomic mass is 10.1. The first-order chi connectivity index (χ1) is 8.52. The number of nitrogens with two attached hydrogens (primary N) is 2. The Labute approximate surface area is 115 Å². The maximum absolute atomic E-state index is 5.97. The number of nitrogens with zero attached hydrogens (tertiary/aromatic N) is 2. The van der Waals surface area contributed by atoms with Crippen molar-refractivity contribution in [2.24, 2.45) is 0 Å². The molecule has 2 aromatic rings. The summed E-state index contributed by atoms with van der Waals surface area (Å²) in [7, 11) is 0. The second kappa shape index (κ2) is 5.08. The molecule has 0 aliphatic heterocycles. The summed E-state index contributed by atoms with van der Waals surface area (Å²) in [5, 5.41) is 1.08. The second-order valence-corrected chi connectivity index (χ2v) is 4.91. The molecule has 18 heavy (non-hydrogen) atoms. The van der Waals surface area contributed by atoms with Crippen LogP contribution in [0.5, 0.6) is 0 Å². The summed E-state index contributed by atoms with van der Waals surface area (Å²) in [5.41, 5.74) is 7.34. The number of benzene rings is 1. The molecule has 0 radical (unpaired) electrons. The standard InChI is InChI=1S/C12H14Cl2N4/c1-2-3-10-17-11(12(15)18(10)16)7-4-8(13)6-9(14)5-7/h4-6H,2-3,15-16H2,1H3. The molecular formula is C12H14Cl2N4. The van der Waals surface area contributed by atoms with Crippen LogP contribution in [0.2, 0.25) is 10.0 Å². The molecule has 0 bridgehead atoms. The predicted octanol–water partition coefficient (Wildman–Crippen LogP) is 3.11. The summed E-state index contributed by atoms with van der Waals surface area (Å²) < 4.78 is 1.41. The molecule has 0 atom stereocenters. The van der Waals surface area contributed by atoms with Gasteiger partial charge >= 0.3 is 0 Å². The van der Waals surface area contributed by atoms with Crippen LogP contribution in [0.3, 0.4) is 0 Å². The first kappa shape index (κ1) is 13.1. The fourth-order valence-corrected chi connectivity index (χ4v) is 2.32. The zero-order chi connectivity index (χ0) is 13.3. The number of imidazole rings is 1. The summed E-state index contributed by atoms with van der Waals surface area (Å²) in [6.45, 7) is 2.06. The van der Waals surface area contributed by atoms with Crippen LogP contribution in [0.15, 0.2) is 18.2 Å². The van der Waals surface area contributed by atoms with Crippen LogP contribution >= 0.6 is 23.2 Å². The molecule has 0 unspecified atom stereocenters. The number of anilines is 1. The van der Waals surface area contributed by atoms with Gasteiger partial charge in [-0.05, 0) is 24.6 Å². The molecule has 2 rings (SSSR count). The number of hydrogen-bond acceptors (Lipinski definition) is 3. The number of rotatable bonds is 3. The van der Waals surface area contributed by atoms with Crippen molar-refractivity contribution in [3.05, 3.63) is 34.1 Å². The number of aromatic nitrogens is 2. The Morgan fingerprint density at radius 3 is 2.39 bits per heavy atom. The molecule has 0 saturated carbocycles. The van der Waals surface area contributed by atoms with Crippen LogP contribution in [0, 0.1) is 0 Å². The summed E-state index contributed by atoms with van der Waals surface area (Å²) in [6.07, 6.45) is 1.72. The van der Waals surface area contributed by atoms with Crippen molar-refractivity contribution in [3.63, 3.8) is 0 Å². The highest BCUT2D eigenvalue weighted by Crippen LogP contribution is 2.30. The summed E-state index contributed by atoms with van der Waals surface area (Å²) in [4.78, 5) is 4.45. The zero-order valence-electron chi connectivity index (χ0n) is 9.95. The average molecular weight is 285 g/mol. The van der Waals surface area contributed by atoms with Gasteiger partial charge in [-0.15, -0.1) is 0 Å². The highest BCUT2D eigenvalue weighted by molar-refractivity contribution is 6.35. The monoisotopic (exact) mass is 284 g/mol. The Morgan fingerprint density at radius 1 is 1.22 bits per heavy atom. The minimum atomic E-state index is 0.414. The van der Waals surface area contributed by atoms with E-state index in [1.54, 1.807) is 18.2 Å². The molecule has 0 saturated heterocycles. The third-order valence-electron chi connectivity index (χ3n) is 2.63. The normalized spacial score (nSPS) is 10.8. The van der Waals surface area contributed by atoms with Gasteiger partial charge in [-0.3, -0.25) is 0 Å². The summed E-state index contributed by atoms with van der Waals surface area (Å²) in [6, 6.07) is 5.19. The van der Waals surface area contributed by atoms with E-state index in [4.69, 9.17) is 34.8 Å². The molecule has 0 fully saturated rings. The Balaban J connectivity index is 2.53. The SMILES string of the molecule is CCCc1nc(-c2cc(Cl)cc(Cl)c2)c(N)n1N. The van der Waals surface area contributed by atoms with E-state index in [-0.39, 0.29) is 0 Å². The Morgan fingerprint density at radius 2 is 1.83 bits per heavy atom. The Hall–Kier alpha value is -1.39. The average Bonchev–Trinajstić information content (AvgIpc) is 2.57. The molecule has 0 amide bonds. The van der Waals surface area contributed by atoms with Crippen LogP contribution < -0.4 is 11.6 Å². The van der Waals surface area contributed by atoms with Gasteiger partial charge in [0, 0.05) is 22.0 Å². The second-order valence-electron chi connectivity index (χ2n) is 4.04. The van der Waals surface area contributed by atoms with Crippen LogP contribution in [0.1, 0.15) is 19.2 Å². The maximum Gasteiger partial charge on any atom is 0.150 e. The Kier molecular flexibility index (Phi) is 3.68. The first-order valence-electron chi connectivity index (χ1n) is 5.61. The van der Waals surface area contributed by atoms with Crippen LogP contribution in [0.25, 0.3) is 11.3 Å². The maximum atomic E-state index is 5.97.